The van der Waals surface area contributed by atoms with Crippen LogP contribution in [-0.4, -0.2) is 32.1 Å². The van der Waals surface area contributed by atoms with Crippen LogP contribution >= 0.6 is 0 Å². The molecule has 3 heterocycles. The average Bonchev–Trinajstić information content (AvgIpc) is 3.12. The lowest BCUT2D eigenvalue weighted by atomic mass is 10.1. The molecule has 3 rings (SSSR count). The summed E-state index contributed by atoms with van der Waals surface area (Å²) in [7, 11) is 0. The SMILES string of the molecule is Cc1cc(C(=O)N2CCCC2c2ccc(N)nn2)c(C)n1C(C)C. The molecule has 24 heavy (non-hydrogen) atoms. The van der Waals surface area contributed by atoms with Gasteiger partial charge in [0.15, 0.2) is 0 Å². The monoisotopic (exact) mass is 327 g/mol. The summed E-state index contributed by atoms with van der Waals surface area (Å²) in [5.41, 5.74) is 9.37. The van der Waals surface area contributed by atoms with Gasteiger partial charge in [-0.05, 0) is 58.7 Å². The number of rotatable bonds is 3. The van der Waals surface area contributed by atoms with Gasteiger partial charge in [-0.1, -0.05) is 0 Å². The zero-order chi connectivity index (χ0) is 17.4. The fourth-order valence-electron chi connectivity index (χ4n) is 3.79. The van der Waals surface area contributed by atoms with Gasteiger partial charge in [0.2, 0.25) is 0 Å². The Morgan fingerprint density at radius 1 is 1.29 bits per heavy atom. The molecule has 2 aromatic heterocycles. The van der Waals surface area contributed by atoms with Crippen LogP contribution in [0.15, 0.2) is 18.2 Å². The van der Waals surface area contributed by atoms with Crippen molar-refractivity contribution in [2.45, 2.75) is 52.6 Å². The second kappa shape index (κ2) is 6.26. The summed E-state index contributed by atoms with van der Waals surface area (Å²) in [6, 6.07) is 5.93. The third-order valence-corrected chi connectivity index (χ3v) is 4.79. The molecule has 6 nitrogen and oxygen atoms in total. The van der Waals surface area contributed by atoms with E-state index in [1.165, 1.54) is 0 Å². The molecule has 0 spiro atoms. The van der Waals surface area contributed by atoms with Gasteiger partial charge >= 0.3 is 0 Å². The van der Waals surface area contributed by atoms with Crippen LogP contribution in [0, 0.1) is 13.8 Å². The van der Waals surface area contributed by atoms with Gasteiger partial charge in [0.25, 0.3) is 5.91 Å². The molecule has 0 saturated carbocycles. The number of anilines is 1. The second-order valence-corrected chi connectivity index (χ2v) is 6.79. The van der Waals surface area contributed by atoms with Crippen LogP contribution in [-0.2, 0) is 0 Å². The molecule has 128 valence electrons. The van der Waals surface area contributed by atoms with Crippen molar-refractivity contribution < 1.29 is 4.79 Å². The lowest BCUT2D eigenvalue weighted by Gasteiger charge is -2.24. The Bertz CT molecular complexity index is 748. The van der Waals surface area contributed by atoms with Gasteiger partial charge in [-0.2, -0.15) is 5.10 Å². The number of aromatic nitrogens is 3. The maximum absolute atomic E-state index is 13.1. The van der Waals surface area contributed by atoms with Crippen LogP contribution in [0.5, 0.6) is 0 Å². The molecule has 1 aliphatic heterocycles. The van der Waals surface area contributed by atoms with Crippen LogP contribution in [0.2, 0.25) is 0 Å². The van der Waals surface area contributed by atoms with Gasteiger partial charge in [0.1, 0.15) is 5.82 Å². The van der Waals surface area contributed by atoms with E-state index in [4.69, 9.17) is 5.73 Å². The minimum atomic E-state index is -0.0206. The number of hydrogen-bond acceptors (Lipinski definition) is 4. The van der Waals surface area contributed by atoms with Crippen molar-refractivity contribution in [1.29, 1.82) is 0 Å². The summed E-state index contributed by atoms with van der Waals surface area (Å²) in [5, 5.41) is 8.12. The third kappa shape index (κ3) is 2.77. The van der Waals surface area contributed by atoms with E-state index in [0.29, 0.717) is 11.9 Å². The smallest absolute Gasteiger partial charge is 0.256 e. The van der Waals surface area contributed by atoms with Crippen LogP contribution < -0.4 is 5.73 Å². The normalized spacial score (nSPS) is 17.7. The number of amides is 1. The Labute approximate surface area is 142 Å². The number of nitrogens with two attached hydrogens (primary N) is 1. The molecular weight excluding hydrogens is 302 g/mol. The highest BCUT2D eigenvalue weighted by atomic mass is 16.2. The summed E-state index contributed by atoms with van der Waals surface area (Å²) >= 11 is 0. The van der Waals surface area contributed by atoms with Crippen molar-refractivity contribution in [3.05, 3.63) is 40.8 Å². The van der Waals surface area contributed by atoms with Crippen molar-refractivity contribution in [3.8, 4) is 0 Å². The molecule has 1 amide bonds. The highest BCUT2D eigenvalue weighted by molar-refractivity contribution is 5.96. The highest BCUT2D eigenvalue weighted by Crippen LogP contribution is 2.33. The van der Waals surface area contributed by atoms with Gasteiger partial charge in [0, 0.05) is 24.0 Å². The van der Waals surface area contributed by atoms with Crippen molar-refractivity contribution in [2.75, 3.05) is 12.3 Å². The first kappa shape index (κ1) is 16.5. The van der Waals surface area contributed by atoms with Gasteiger partial charge in [-0.25, -0.2) is 0 Å². The predicted octanol–water partition coefficient (Wildman–Crippen LogP) is 3.04. The molecule has 0 aromatic carbocycles. The molecule has 1 saturated heterocycles. The van der Waals surface area contributed by atoms with E-state index in [9.17, 15) is 4.79 Å². The topological polar surface area (TPSA) is 77.0 Å². The number of hydrogen-bond donors (Lipinski definition) is 1. The van der Waals surface area contributed by atoms with Crippen LogP contribution in [0.4, 0.5) is 5.82 Å². The summed E-state index contributed by atoms with van der Waals surface area (Å²) < 4.78 is 2.21. The summed E-state index contributed by atoms with van der Waals surface area (Å²) in [6.45, 7) is 9.10. The molecular formula is C18H25N5O. The highest BCUT2D eigenvalue weighted by Gasteiger charge is 2.33. The molecule has 1 unspecified atom stereocenters. The molecule has 1 atom stereocenters. The molecule has 1 aliphatic rings. The molecule has 0 radical (unpaired) electrons. The fourth-order valence-corrected chi connectivity index (χ4v) is 3.79. The number of aryl methyl sites for hydroxylation is 1. The fraction of sp³-hybridized carbons (Fsp3) is 0.500. The second-order valence-electron chi connectivity index (χ2n) is 6.79. The Morgan fingerprint density at radius 2 is 2.04 bits per heavy atom. The first-order chi connectivity index (χ1) is 11.4. The number of carbonyl (C=O) groups is 1. The predicted molar refractivity (Wildman–Crippen MR) is 93.7 cm³/mol. The first-order valence-corrected chi connectivity index (χ1v) is 8.48. The number of likely N-dealkylation sites (tertiary alicyclic amines) is 1. The molecule has 0 bridgehead atoms. The molecule has 1 fully saturated rings. The van der Waals surface area contributed by atoms with Gasteiger partial charge in [0.05, 0.1) is 17.3 Å². The zero-order valence-corrected chi connectivity index (χ0v) is 14.8. The molecule has 0 aliphatic carbocycles. The quantitative estimate of drug-likeness (QED) is 0.940. The van der Waals surface area contributed by atoms with Crippen LogP contribution in [0.1, 0.15) is 66.2 Å². The lowest BCUT2D eigenvalue weighted by molar-refractivity contribution is 0.0731. The largest absolute Gasteiger partial charge is 0.382 e. The lowest BCUT2D eigenvalue weighted by Crippen LogP contribution is -2.31. The zero-order valence-electron chi connectivity index (χ0n) is 14.8. The standard InChI is InChI=1S/C18H25N5O/c1-11(2)23-12(3)10-14(13(23)4)18(24)22-9-5-6-16(22)15-7-8-17(19)21-20-15/h7-8,10-11,16H,5-6,9H2,1-4H3,(H2,19,21). The molecule has 2 N–H and O–H groups in total. The van der Waals surface area contributed by atoms with E-state index in [1.807, 2.05) is 24.0 Å². The minimum absolute atomic E-state index is 0.0206. The maximum Gasteiger partial charge on any atom is 0.256 e. The van der Waals surface area contributed by atoms with Crippen molar-refractivity contribution in [3.63, 3.8) is 0 Å². The van der Waals surface area contributed by atoms with E-state index in [0.717, 1.165) is 42.0 Å². The Kier molecular flexibility index (Phi) is 4.30. The number of carbonyl (C=O) groups excluding carboxylic acids is 1. The van der Waals surface area contributed by atoms with Gasteiger partial charge in [-0.3, -0.25) is 4.79 Å². The maximum atomic E-state index is 13.1. The van der Waals surface area contributed by atoms with E-state index < -0.39 is 0 Å². The Hall–Kier alpha value is -2.37. The minimum Gasteiger partial charge on any atom is -0.382 e. The van der Waals surface area contributed by atoms with E-state index in [1.54, 1.807) is 6.07 Å². The van der Waals surface area contributed by atoms with E-state index in [-0.39, 0.29) is 11.9 Å². The van der Waals surface area contributed by atoms with Crippen LogP contribution in [0.25, 0.3) is 0 Å². The van der Waals surface area contributed by atoms with Crippen molar-refractivity contribution in [2.24, 2.45) is 0 Å². The van der Waals surface area contributed by atoms with Gasteiger partial charge < -0.3 is 15.2 Å². The van der Waals surface area contributed by atoms with E-state index >= 15 is 0 Å². The van der Waals surface area contributed by atoms with Crippen molar-refractivity contribution in [1.82, 2.24) is 19.7 Å². The van der Waals surface area contributed by atoms with E-state index in [2.05, 4.69) is 35.5 Å². The number of nitrogen functional groups attached to an aromatic ring is 1. The third-order valence-electron chi connectivity index (χ3n) is 4.79. The Morgan fingerprint density at radius 3 is 2.62 bits per heavy atom. The summed E-state index contributed by atoms with van der Waals surface area (Å²) in [4.78, 5) is 15.1. The first-order valence-electron chi connectivity index (χ1n) is 8.48. The average molecular weight is 327 g/mol. The molecule has 2 aromatic rings. The van der Waals surface area contributed by atoms with Crippen molar-refractivity contribution >= 4 is 11.7 Å². The number of nitrogens with zero attached hydrogens (tertiary/aromatic N) is 4. The molecule has 6 heteroatoms. The summed E-state index contributed by atoms with van der Waals surface area (Å²) in [6.07, 6.45) is 1.89. The van der Waals surface area contributed by atoms with Crippen LogP contribution in [0.3, 0.4) is 0 Å². The Balaban J connectivity index is 1.92. The van der Waals surface area contributed by atoms with Gasteiger partial charge in [-0.15, -0.1) is 5.10 Å². The summed E-state index contributed by atoms with van der Waals surface area (Å²) in [5.74, 6) is 0.478.